The smallest absolute Gasteiger partial charge is 0.435 e. The lowest BCUT2D eigenvalue weighted by atomic mass is 10.1. The molecule has 0 radical (unpaired) electrons. The van der Waals surface area contributed by atoms with Gasteiger partial charge >= 0.3 is 12.3 Å². The number of carbonyl (C=O) groups excluding carboxylic acids is 2. The van der Waals surface area contributed by atoms with Crippen LogP contribution in [0.1, 0.15) is 65.2 Å². The van der Waals surface area contributed by atoms with Crippen molar-refractivity contribution in [1.82, 2.24) is 0 Å². The van der Waals surface area contributed by atoms with E-state index in [2.05, 4.69) is 9.47 Å². The predicted molar refractivity (Wildman–Crippen MR) is 82.9 cm³/mol. The van der Waals surface area contributed by atoms with Gasteiger partial charge < -0.3 is 18.9 Å². The number of carbonyl (C=O) groups is 2. The standard InChI is InChI=1S/C16H30O6/c1-3-19-15(17)21-13-11-9-7-5-6-8-10-12-14-22-16(18)20-4-2/h3-14H2,1-2H3. The fourth-order valence-electron chi connectivity index (χ4n) is 1.89. The molecular weight excluding hydrogens is 288 g/mol. The summed E-state index contributed by atoms with van der Waals surface area (Å²) >= 11 is 0. The monoisotopic (exact) mass is 318 g/mol. The van der Waals surface area contributed by atoms with Crippen LogP contribution in [-0.2, 0) is 18.9 Å². The van der Waals surface area contributed by atoms with Crippen molar-refractivity contribution < 1.29 is 28.5 Å². The van der Waals surface area contributed by atoms with Crippen LogP contribution in [0.25, 0.3) is 0 Å². The lowest BCUT2D eigenvalue weighted by molar-refractivity contribution is 0.0566. The number of unbranched alkanes of at least 4 members (excludes halogenated alkanes) is 7. The van der Waals surface area contributed by atoms with E-state index in [-0.39, 0.29) is 0 Å². The third-order valence-corrected chi connectivity index (χ3v) is 3.00. The van der Waals surface area contributed by atoms with E-state index in [1.807, 2.05) is 0 Å². The highest BCUT2D eigenvalue weighted by atomic mass is 16.7. The maximum Gasteiger partial charge on any atom is 0.508 e. The predicted octanol–water partition coefficient (Wildman–Crippen LogP) is 4.45. The summed E-state index contributed by atoms with van der Waals surface area (Å²) in [6, 6.07) is 0. The molecule has 0 amide bonds. The SMILES string of the molecule is CCOC(=O)OCCCCCCCCCCOC(=O)OCC. The number of rotatable bonds is 13. The molecule has 0 bridgehead atoms. The van der Waals surface area contributed by atoms with Crippen LogP contribution in [0, 0.1) is 0 Å². The van der Waals surface area contributed by atoms with E-state index in [9.17, 15) is 9.59 Å². The fraction of sp³-hybridized carbons (Fsp3) is 0.875. The zero-order valence-corrected chi connectivity index (χ0v) is 13.9. The van der Waals surface area contributed by atoms with Gasteiger partial charge in [-0.3, -0.25) is 0 Å². The lowest BCUT2D eigenvalue weighted by Gasteiger charge is -2.05. The van der Waals surface area contributed by atoms with E-state index in [0.29, 0.717) is 26.4 Å². The maximum absolute atomic E-state index is 10.9. The quantitative estimate of drug-likeness (QED) is 0.369. The number of ether oxygens (including phenoxy) is 4. The van der Waals surface area contributed by atoms with Crippen LogP contribution in [0.15, 0.2) is 0 Å². The molecule has 0 saturated heterocycles. The third kappa shape index (κ3) is 14.9. The topological polar surface area (TPSA) is 71.1 Å². The first-order valence-corrected chi connectivity index (χ1v) is 8.29. The van der Waals surface area contributed by atoms with Crippen molar-refractivity contribution in [1.29, 1.82) is 0 Å². The summed E-state index contributed by atoms with van der Waals surface area (Å²) in [5.74, 6) is 0. The average molecular weight is 318 g/mol. The van der Waals surface area contributed by atoms with Crippen LogP contribution < -0.4 is 0 Å². The molecule has 0 spiro atoms. The number of hydrogen-bond donors (Lipinski definition) is 0. The molecule has 0 aliphatic heterocycles. The van der Waals surface area contributed by atoms with Crippen molar-refractivity contribution in [3.8, 4) is 0 Å². The molecule has 0 aromatic rings. The third-order valence-electron chi connectivity index (χ3n) is 3.00. The van der Waals surface area contributed by atoms with E-state index < -0.39 is 12.3 Å². The zero-order valence-electron chi connectivity index (χ0n) is 13.9. The Balaban J connectivity index is 3.11. The number of hydrogen-bond acceptors (Lipinski definition) is 6. The summed E-state index contributed by atoms with van der Waals surface area (Å²) in [5, 5.41) is 0. The Morgan fingerprint density at radius 1 is 0.545 bits per heavy atom. The Labute approximate surface area is 133 Å². The first-order valence-electron chi connectivity index (χ1n) is 8.29. The molecule has 0 aromatic carbocycles. The van der Waals surface area contributed by atoms with Gasteiger partial charge in [-0.25, -0.2) is 9.59 Å². The Morgan fingerprint density at radius 2 is 0.864 bits per heavy atom. The normalized spacial score (nSPS) is 10.1. The summed E-state index contributed by atoms with van der Waals surface area (Å²) < 4.78 is 19.1. The summed E-state index contributed by atoms with van der Waals surface area (Å²) in [7, 11) is 0. The van der Waals surface area contributed by atoms with Crippen LogP contribution in [0.5, 0.6) is 0 Å². The van der Waals surface area contributed by atoms with Crippen LogP contribution >= 0.6 is 0 Å². The molecule has 0 fully saturated rings. The molecule has 22 heavy (non-hydrogen) atoms. The molecule has 0 rings (SSSR count). The highest BCUT2D eigenvalue weighted by molar-refractivity contribution is 5.59. The van der Waals surface area contributed by atoms with Gasteiger partial charge in [-0.1, -0.05) is 38.5 Å². The lowest BCUT2D eigenvalue weighted by Crippen LogP contribution is -2.08. The highest BCUT2D eigenvalue weighted by Gasteiger charge is 2.02. The second kappa shape index (κ2) is 15.9. The van der Waals surface area contributed by atoms with Gasteiger partial charge in [-0.05, 0) is 26.7 Å². The molecule has 6 nitrogen and oxygen atoms in total. The fourth-order valence-corrected chi connectivity index (χ4v) is 1.89. The van der Waals surface area contributed by atoms with Crippen LogP contribution in [0.4, 0.5) is 9.59 Å². The largest absolute Gasteiger partial charge is 0.508 e. The summed E-state index contributed by atoms with van der Waals surface area (Å²) in [4.78, 5) is 21.8. The molecule has 130 valence electrons. The van der Waals surface area contributed by atoms with Crippen LogP contribution in [-0.4, -0.2) is 38.7 Å². The van der Waals surface area contributed by atoms with Crippen molar-refractivity contribution >= 4 is 12.3 Å². The van der Waals surface area contributed by atoms with Gasteiger partial charge in [0.1, 0.15) is 0 Å². The van der Waals surface area contributed by atoms with Crippen molar-refractivity contribution in [2.75, 3.05) is 26.4 Å². The first kappa shape index (κ1) is 20.5. The first-order chi connectivity index (χ1) is 10.7. The Kier molecular flexibility index (Phi) is 14.9. The molecule has 0 atom stereocenters. The van der Waals surface area contributed by atoms with Crippen LogP contribution in [0.2, 0.25) is 0 Å². The molecule has 0 unspecified atom stereocenters. The van der Waals surface area contributed by atoms with Crippen LogP contribution in [0.3, 0.4) is 0 Å². The second-order valence-corrected chi connectivity index (χ2v) is 4.89. The molecule has 0 N–H and O–H groups in total. The summed E-state index contributed by atoms with van der Waals surface area (Å²) in [6.07, 6.45) is 7.38. The maximum atomic E-state index is 10.9. The van der Waals surface area contributed by atoms with E-state index in [4.69, 9.17) is 9.47 Å². The van der Waals surface area contributed by atoms with Gasteiger partial charge in [0, 0.05) is 0 Å². The van der Waals surface area contributed by atoms with E-state index in [1.165, 1.54) is 12.8 Å². The van der Waals surface area contributed by atoms with Crippen molar-refractivity contribution in [3.63, 3.8) is 0 Å². The minimum atomic E-state index is -0.576. The Hall–Kier alpha value is -1.46. The minimum Gasteiger partial charge on any atom is -0.435 e. The van der Waals surface area contributed by atoms with Crippen molar-refractivity contribution in [3.05, 3.63) is 0 Å². The summed E-state index contributed by atoms with van der Waals surface area (Å²) in [5.41, 5.74) is 0. The molecular formula is C16H30O6. The Morgan fingerprint density at radius 3 is 1.18 bits per heavy atom. The molecule has 0 aliphatic carbocycles. The second-order valence-electron chi connectivity index (χ2n) is 4.89. The zero-order chi connectivity index (χ0) is 16.5. The van der Waals surface area contributed by atoms with Gasteiger partial charge in [0.25, 0.3) is 0 Å². The van der Waals surface area contributed by atoms with Gasteiger partial charge in [-0.2, -0.15) is 0 Å². The van der Waals surface area contributed by atoms with Gasteiger partial charge in [0.15, 0.2) is 0 Å². The van der Waals surface area contributed by atoms with Gasteiger partial charge in [0.2, 0.25) is 0 Å². The average Bonchev–Trinajstić information content (AvgIpc) is 2.49. The van der Waals surface area contributed by atoms with Crippen molar-refractivity contribution in [2.45, 2.75) is 65.2 Å². The molecule has 0 heterocycles. The highest BCUT2D eigenvalue weighted by Crippen LogP contribution is 2.09. The van der Waals surface area contributed by atoms with E-state index in [0.717, 1.165) is 38.5 Å². The molecule has 0 saturated carbocycles. The van der Waals surface area contributed by atoms with E-state index in [1.54, 1.807) is 13.8 Å². The molecule has 0 aromatic heterocycles. The van der Waals surface area contributed by atoms with E-state index >= 15 is 0 Å². The summed E-state index contributed by atoms with van der Waals surface area (Å²) in [6.45, 7) is 5.08. The molecule has 0 aliphatic rings. The minimum absolute atomic E-state index is 0.351. The van der Waals surface area contributed by atoms with Crippen molar-refractivity contribution in [2.24, 2.45) is 0 Å². The molecule has 6 heteroatoms. The Bertz CT molecular complexity index is 252. The van der Waals surface area contributed by atoms with Gasteiger partial charge in [-0.15, -0.1) is 0 Å². The van der Waals surface area contributed by atoms with Gasteiger partial charge in [0.05, 0.1) is 26.4 Å².